The van der Waals surface area contributed by atoms with Crippen LogP contribution in [0.15, 0.2) is 0 Å². The Hall–Kier alpha value is -0.0400. The maximum Gasteiger partial charge on any atom is 0.0431 e. The molecule has 2 rings (SSSR count). The highest BCUT2D eigenvalue weighted by molar-refractivity contribution is 4.82. The first-order valence-corrected chi connectivity index (χ1v) is 9.94. The van der Waals surface area contributed by atoms with Crippen LogP contribution in [-0.4, -0.2) is 11.7 Å². The van der Waals surface area contributed by atoms with Crippen LogP contribution < -0.4 is 0 Å². The van der Waals surface area contributed by atoms with Crippen molar-refractivity contribution >= 4 is 0 Å². The molecule has 2 aliphatic carbocycles. The van der Waals surface area contributed by atoms with E-state index in [1.54, 1.807) is 0 Å². The lowest BCUT2D eigenvalue weighted by Crippen LogP contribution is -2.25. The van der Waals surface area contributed by atoms with Gasteiger partial charge in [0.1, 0.15) is 0 Å². The van der Waals surface area contributed by atoms with Gasteiger partial charge < -0.3 is 5.11 Å². The molecule has 0 aromatic rings. The van der Waals surface area contributed by atoms with Crippen molar-refractivity contribution in [1.82, 2.24) is 0 Å². The fourth-order valence-corrected chi connectivity index (χ4v) is 5.03. The van der Waals surface area contributed by atoms with E-state index in [1.165, 1.54) is 83.5 Å². The number of aliphatic hydroxyl groups is 1. The zero-order valence-corrected chi connectivity index (χ0v) is 14.4. The molecule has 1 nitrogen and oxygen atoms in total. The van der Waals surface area contributed by atoms with E-state index in [0.29, 0.717) is 6.61 Å². The van der Waals surface area contributed by atoms with Crippen molar-refractivity contribution in [3.63, 3.8) is 0 Å². The fourth-order valence-electron chi connectivity index (χ4n) is 5.03. The highest BCUT2D eigenvalue weighted by Gasteiger charge is 2.30. The smallest absolute Gasteiger partial charge is 0.0431 e. The second kappa shape index (κ2) is 9.87. The van der Waals surface area contributed by atoms with Crippen molar-refractivity contribution in [3.05, 3.63) is 0 Å². The van der Waals surface area contributed by atoms with Crippen molar-refractivity contribution in [1.29, 1.82) is 0 Å². The minimum Gasteiger partial charge on any atom is -0.396 e. The number of unbranched alkanes of at least 4 members (excludes halogenated alkanes) is 2. The van der Waals surface area contributed by atoms with Crippen LogP contribution in [-0.2, 0) is 0 Å². The van der Waals surface area contributed by atoms with Gasteiger partial charge in [-0.2, -0.15) is 0 Å². The van der Waals surface area contributed by atoms with Gasteiger partial charge in [-0.1, -0.05) is 64.7 Å². The SMILES string of the molecule is CCCC1CCC(C2CCC(CCCCCO)CC2)CC1. The number of aliphatic hydroxyl groups excluding tert-OH is 1. The summed E-state index contributed by atoms with van der Waals surface area (Å²) in [4.78, 5) is 0. The second-order valence-electron chi connectivity index (χ2n) is 7.92. The Morgan fingerprint density at radius 1 is 0.667 bits per heavy atom. The van der Waals surface area contributed by atoms with Gasteiger partial charge in [0.05, 0.1) is 0 Å². The topological polar surface area (TPSA) is 20.2 Å². The summed E-state index contributed by atoms with van der Waals surface area (Å²) in [7, 11) is 0. The second-order valence-corrected chi connectivity index (χ2v) is 7.92. The molecule has 0 saturated heterocycles. The quantitative estimate of drug-likeness (QED) is 0.548. The Labute approximate surface area is 132 Å². The first kappa shape index (κ1) is 17.3. The van der Waals surface area contributed by atoms with Gasteiger partial charge in [-0.3, -0.25) is 0 Å². The maximum atomic E-state index is 8.83. The van der Waals surface area contributed by atoms with E-state index in [2.05, 4.69) is 6.92 Å². The van der Waals surface area contributed by atoms with E-state index >= 15 is 0 Å². The number of rotatable bonds is 8. The summed E-state index contributed by atoms with van der Waals surface area (Å²) >= 11 is 0. The van der Waals surface area contributed by atoms with Crippen molar-refractivity contribution in [2.24, 2.45) is 23.7 Å². The van der Waals surface area contributed by atoms with Crippen LogP contribution in [0.1, 0.15) is 96.8 Å². The van der Waals surface area contributed by atoms with Gasteiger partial charge in [-0.05, 0) is 55.8 Å². The largest absolute Gasteiger partial charge is 0.396 e. The average molecular weight is 295 g/mol. The molecule has 0 amide bonds. The van der Waals surface area contributed by atoms with Gasteiger partial charge >= 0.3 is 0 Å². The van der Waals surface area contributed by atoms with Gasteiger partial charge in [0, 0.05) is 6.61 Å². The minimum atomic E-state index is 0.382. The average Bonchev–Trinajstić information content (AvgIpc) is 2.53. The zero-order chi connectivity index (χ0) is 14.9. The summed E-state index contributed by atoms with van der Waals surface area (Å²) in [5.74, 6) is 4.22. The predicted molar refractivity (Wildman–Crippen MR) is 91.4 cm³/mol. The van der Waals surface area contributed by atoms with Crippen LogP contribution in [0.2, 0.25) is 0 Å². The Bertz CT molecular complexity index is 247. The Morgan fingerprint density at radius 3 is 1.67 bits per heavy atom. The van der Waals surface area contributed by atoms with Crippen LogP contribution in [0.4, 0.5) is 0 Å². The summed E-state index contributed by atoms with van der Waals surface area (Å²) in [5, 5.41) is 8.83. The fraction of sp³-hybridized carbons (Fsp3) is 1.00. The summed E-state index contributed by atoms with van der Waals surface area (Å²) in [5.41, 5.74) is 0. The van der Waals surface area contributed by atoms with Crippen LogP contribution >= 0.6 is 0 Å². The zero-order valence-electron chi connectivity index (χ0n) is 14.4. The molecule has 0 radical (unpaired) electrons. The Kier molecular flexibility index (Phi) is 8.14. The van der Waals surface area contributed by atoms with Crippen LogP contribution in [0.3, 0.4) is 0 Å². The first-order valence-electron chi connectivity index (χ1n) is 9.94. The maximum absolute atomic E-state index is 8.83. The molecule has 0 aromatic heterocycles. The van der Waals surface area contributed by atoms with Crippen molar-refractivity contribution in [2.75, 3.05) is 6.61 Å². The Morgan fingerprint density at radius 2 is 1.19 bits per heavy atom. The molecule has 2 fully saturated rings. The lowest BCUT2D eigenvalue weighted by Gasteiger charge is -2.38. The third-order valence-corrected chi connectivity index (χ3v) is 6.42. The molecular weight excluding hydrogens is 256 g/mol. The van der Waals surface area contributed by atoms with E-state index in [-0.39, 0.29) is 0 Å². The molecule has 2 aliphatic rings. The normalized spacial score (nSPS) is 34.0. The predicted octanol–water partition coefficient (Wildman–Crippen LogP) is 5.95. The van der Waals surface area contributed by atoms with Crippen molar-refractivity contribution in [3.8, 4) is 0 Å². The molecule has 0 unspecified atom stereocenters. The minimum absolute atomic E-state index is 0.382. The molecule has 0 aliphatic heterocycles. The summed E-state index contributed by atoms with van der Waals surface area (Å²) in [6, 6.07) is 0. The van der Waals surface area contributed by atoms with E-state index in [0.717, 1.165) is 30.1 Å². The molecule has 0 bridgehead atoms. The van der Waals surface area contributed by atoms with E-state index in [9.17, 15) is 0 Å². The lowest BCUT2D eigenvalue weighted by molar-refractivity contribution is 0.140. The van der Waals surface area contributed by atoms with E-state index in [1.807, 2.05) is 0 Å². The number of hydrogen-bond acceptors (Lipinski definition) is 1. The molecular formula is C20H38O. The van der Waals surface area contributed by atoms with Gasteiger partial charge in [-0.15, -0.1) is 0 Å². The summed E-state index contributed by atoms with van der Waals surface area (Å²) < 4.78 is 0. The van der Waals surface area contributed by atoms with E-state index < -0.39 is 0 Å². The molecule has 0 heterocycles. The molecule has 124 valence electrons. The summed E-state index contributed by atoms with van der Waals surface area (Å²) in [6.07, 6.45) is 20.1. The van der Waals surface area contributed by atoms with Gasteiger partial charge in [0.2, 0.25) is 0 Å². The van der Waals surface area contributed by atoms with Crippen LogP contribution in [0, 0.1) is 23.7 Å². The van der Waals surface area contributed by atoms with Gasteiger partial charge in [0.25, 0.3) is 0 Å². The molecule has 0 spiro atoms. The van der Waals surface area contributed by atoms with Gasteiger partial charge in [0.15, 0.2) is 0 Å². The molecule has 1 N–H and O–H groups in total. The van der Waals surface area contributed by atoms with Crippen LogP contribution in [0.25, 0.3) is 0 Å². The lowest BCUT2D eigenvalue weighted by atomic mass is 9.68. The van der Waals surface area contributed by atoms with Gasteiger partial charge in [-0.25, -0.2) is 0 Å². The molecule has 1 heteroatoms. The van der Waals surface area contributed by atoms with E-state index in [4.69, 9.17) is 5.11 Å². The summed E-state index contributed by atoms with van der Waals surface area (Å²) in [6.45, 7) is 2.72. The van der Waals surface area contributed by atoms with Crippen molar-refractivity contribution < 1.29 is 5.11 Å². The molecule has 0 atom stereocenters. The Balaban J connectivity index is 1.59. The highest BCUT2D eigenvalue weighted by Crippen LogP contribution is 2.42. The highest BCUT2D eigenvalue weighted by atomic mass is 16.2. The molecule has 21 heavy (non-hydrogen) atoms. The third kappa shape index (κ3) is 5.93. The molecule has 2 saturated carbocycles. The molecule has 0 aromatic carbocycles. The third-order valence-electron chi connectivity index (χ3n) is 6.42. The standard InChI is InChI=1S/C20H38O/c1-2-6-17-8-12-19(13-9-17)20-14-10-18(11-15-20)7-4-3-5-16-21/h17-21H,2-16H2,1H3. The van der Waals surface area contributed by atoms with Crippen molar-refractivity contribution in [2.45, 2.75) is 96.8 Å². The first-order chi connectivity index (χ1) is 10.3. The number of hydrogen-bond donors (Lipinski definition) is 1. The van der Waals surface area contributed by atoms with Crippen LogP contribution in [0.5, 0.6) is 0 Å². The monoisotopic (exact) mass is 294 g/mol.